The van der Waals surface area contributed by atoms with Crippen LogP contribution in [0.5, 0.6) is 0 Å². The average molecular weight is 396 g/mol. The molecule has 0 unspecified atom stereocenters. The van der Waals surface area contributed by atoms with E-state index >= 15 is 0 Å². The number of carbonyl (C=O) groups excluding carboxylic acids is 2. The van der Waals surface area contributed by atoms with E-state index in [-0.39, 0.29) is 24.2 Å². The highest BCUT2D eigenvalue weighted by atomic mass is 35.5. The van der Waals surface area contributed by atoms with E-state index in [2.05, 4.69) is 5.32 Å². The van der Waals surface area contributed by atoms with Crippen molar-refractivity contribution in [2.24, 2.45) is 17.1 Å². The van der Waals surface area contributed by atoms with E-state index in [0.29, 0.717) is 45.1 Å². The smallest absolute Gasteiger partial charge is 0.253 e. The largest absolute Gasteiger partial charge is 0.381 e. The van der Waals surface area contributed by atoms with Crippen LogP contribution < -0.4 is 11.1 Å². The minimum atomic E-state index is -0.470. The molecule has 0 aliphatic carbocycles. The van der Waals surface area contributed by atoms with Crippen molar-refractivity contribution in [2.45, 2.75) is 25.7 Å². The maximum atomic E-state index is 12.6. The Bertz CT molecular complexity index is 612. The Labute approximate surface area is 167 Å². The fourth-order valence-corrected chi connectivity index (χ4v) is 3.81. The van der Waals surface area contributed by atoms with Crippen molar-refractivity contribution in [1.29, 1.82) is 0 Å². The molecule has 1 aromatic rings. The number of carbonyl (C=O) groups is 2. The van der Waals surface area contributed by atoms with Crippen molar-refractivity contribution >= 4 is 24.2 Å². The Morgan fingerprint density at radius 3 is 2.37 bits per heavy atom. The SMILES string of the molecule is Cl.NCC1(C(=O)NCC2CCN(C(=O)c3ccccc3)CC2)CCOCC1. The zero-order chi connectivity index (χ0) is 18.4. The van der Waals surface area contributed by atoms with Crippen LogP contribution in [0.25, 0.3) is 0 Å². The van der Waals surface area contributed by atoms with Gasteiger partial charge in [0.1, 0.15) is 0 Å². The number of likely N-dealkylation sites (tertiary alicyclic amines) is 1. The maximum Gasteiger partial charge on any atom is 0.253 e. The summed E-state index contributed by atoms with van der Waals surface area (Å²) in [6, 6.07) is 9.40. The van der Waals surface area contributed by atoms with E-state index in [0.717, 1.165) is 31.5 Å². The fourth-order valence-electron chi connectivity index (χ4n) is 3.81. The van der Waals surface area contributed by atoms with E-state index in [1.165, 1.54) is 0 Å². The summed E-state index contributed by atoms with van der Waals surface area (Å²) in [6.45, 7) is 3.71. The van der Waals surface area contributed by atoms with Crippen LogP contribution in [0.2, 0.25) is 0 Å². The Hall–Kier alpha value is -1.63. The monoisotopic (exact) mass is 395 g/mol. The summed E-state index contributed by atoms with van der Waals surface area (Å²) in [4.78, 5) is 27.0. The molecule has 0 atom stereocenters. The van der Waals surface area contributed by atoms with Crippen molar-refractivity contribution in [3.63, 3.8) is 0 Å². The van der Waals surface area contributed by atoms with Crippen LogP contribution in [0.4, 0.5) is 0 Å². The van der Waals surface area contributed by atoms with E-state index in [9.17, 15) is 9.59 Å². The molecule has 1 aromatic carbocycles. The first-order chi connectivity index (χ1) is 12.6. The number of piperidine rings is 1. The third-order valence-corrected chi connectivity index (χ3v) is 5.80. The Kier molecular flexibility index (Phi) is 8.07. The number of amides is 2. The second kappa shape index (κ2) is 10.1. The molecule has 0 saturated carbocycles. The third-order valence-electron chi connectivity index (χ3n) is 5.80. The molecule has 0 bridgehead atoms. The van der Waals surface area contributed by atoms with Gasteiger partial charge in [-0.2, -0.15) is 0 Å². The number of hydrogen-bond donors (Lipinski definition) is 2. The number of nitrogens with two attached hydrogens (primary N) is 1. The van der Waals surface area contributed by atoms with Crippen LogP contribution in [-0.2, 0) is 9.53 Å². The number of benzene rings is 1. The zero-order valence-electron chi connectivity index (χ0n) is 15.7. The van der Waals surface area contributed by atoms with Gasteiger partial charge in [0.05, 0.1) is 5.41 Å². The molecular formula is C20H30ClN3O3. The topological polar surface area (TPSA) is 84.7 Å². The van der Waals surface area contributed by atoms with Gasteiger partial charge in [-0.3, -0.25) is 9.59 Å². The van der Waals surface area contributed by atoms with Crippen LogP contribution in [0.15, 0.2) is 30.3 Å². The normalized spacial score (nSPS) is 19.8. The van der Waals surface area contributed by atoms with Crippen molar-refractivity contribution in [3.8, 4) is 0 Å². The molecule has 2 amide bonds. The van der Waals surface area contributed by atoms with Gasteiger partial charge in [-0.05, 0) is 43.7 Å². The first kappa shape index (κ1) is 21.7. The summed E-state index contributed by atoms with van der Waals surface area (Å²) in [5.41, 5.74) is 6.16. The number of rotatable bonds is 5. The van der Waals surface area contributed by atoms with Crippen molar-refractivity contribution in [1.82, 2.24) is 10.2 Å². The van der Waals surface area contributed by atoms with Crippen LogP contribution in [0, 0.1) is 11.3 Å². The number of halogens is 1. The molecule has 2 saturated heterocycles. The molecule has 150 valence electrons. The van der Waals surface area contributed by atoms with Gasteiger partial charge in [0.25, 0.3) is 5.91 Å². The van der Waals surface area contributed by atoms with Gasteiger partial charge >= 0.3 is 0 Å². The highest BCUT2D eigenvalue weighted by molar-refractivity contribution is 5.94. The van der Waals surface area contributed by atoms with Gasteiger partial charge in [0.15, 0.2) is 0 Å². The Morgan fingerprint density at radius 1 is 1.15 bits per heavy atom. The molecule has 2 fully saturated rings. The van der Waals surface area contributed by atoms with Gasteiger partial charge in [-0.15, -0.1) is 12.4 Å². The van der Waals surface area contributed by atoms with Crippen molar-refractivity contribution < 1.29 is 14.3 Å². The van der Waals surface area contributed by atoms with E-state index in [4.69, 9.17) is 10.5 Å². The lowest BCUT2D eigenvalue weighted by molar-refractivity contribution is -0.136. The van der Waals surface area contributed by atoms with E-state index in [1.54, 1.807) is 0 Å². The lowest BCUT2D eigenvalue weighted by atomic mass is 9.79. The summed E-state index contributed by atoms with van der Waals surface area (Å²) >= 11 is 0. The quantitative estimate of drug-likeness (QED) is 0.796. The molecule has 0 radical (unpaired) electrons. The second-order valence-electron chi connectivity index (χ2n) is 7.41. The lowest BCUT2D eigenvalue weighted by Gasteiger charge is -2.36. The van der Waals surface area contributed by atoms with Gasteiger partial charge in [0, 0.05) is 45.0 Å². The maximum absolute atomic E-state index is 12.6. The number of ether oxygens (including phenoxy) is 1. The predicted octanol–water partition coefficient (Wildman–Crippen LogP) is 1.83. The fraction of sp³-hybridized carbons (Fsp3) is 0.600. The minimum Gasteiger partial charge on any atom is -0.381 e. The third kappa shape index (κ3) is 5.21. The molecule has 7 heteroatoms. The second-order valence-corrected chi connectivity index (χ2v) is 7.41. The highest BCUT2D eigenvalue weighted by Gasteiger charge is 2.39. The van der Waals surface area contributed by atoms with Crippen LogP contribution in [0.1, 0.15) is 36.0 Å². The molecule has 2 aliphatic rings. The molecule has 3 rings (SSSR count). The number of hydrogen-bond acceptors (Lipinski definition) is 4. The zero-order valence-corrected chi connectivity index (χ0v) is 16.5. The standard InChI is InChI=1S/C20H29N3O3.ClH/c21-15-20(8-12-26-13-9-20)19(25)22-14-16-6-10-23(11-7-16)18(24)17-4-2-1-3-5-17;/h1-5,16H,6-15,21H2,(H,22,25);1H. The van der Waals surface area contributed by atoms with E-state index in [1.807, 2.05) is 35.2 Å². The summed E-state index contributed by atoms with van der Waals surface area (Å²) in [5.74, 6) is 0.567. The van der Waals surface area contributed by atoms with Crippen molar-refractivity contribution in [3.05, 3.63) is 35.9 Å². The van der Waals surface area contributed by atoms with Gasteiger partial charge in [-0.25, -0.2) is 0 Å². The summed E-state index contributed by atoms with van der Waals surface area (Å²) in [6.07, 6.45) is 3.22. The number of nitrogens with zero attached hydrogens (tertiary/aromatic N) is 1. The first-order valence-electron chi connectivity index (χ1n) is 9.55. The summed E-state index contributed by atoms with van der Waals surface area (Å²) < 4.78 is 5.37. The molecule has 2 aliphatic heterocycles. The molecular weight excluding hydrogens is 366 g/mol. The average Bonchev–Trinajstić information content (AvgIpc) is 2.73. The van der Waals surface area contributed by atoms with Crippen LogP contribution in [-0.4, -0.2) is 56.1 Å². The van der Waals surface area contributed by atoms with Crippen molar-refractivity contribution in [2.75, 3.05) is 39.4 Å². The predicted molar refractivity (Wildman–Crippen MR) is 107 cm³/mol. The van der Waals surface area contributed by atoms with Crippen LogP contribution in [0.3, 0.4) is 0 Å². The lowest BCUT2D eigenvalue weighted by Crippen LogP contribution is -2.50. The summed E-state index contributed by atoms with van der Waals surface area (Å²) in [7, 11) is 0. The van der Waals surface area contributed by atoms with Gasteiger partial charge in [0.2, 0.25) is 5.91 Å². The van der Waals surface area contributed by atoms with Gasteiger partial charge < -0.3 is 20.7 Å². The molecule has 27 heavy (non-hydrogen) atoms. The Morgan fingerprint density at radius 2 is 1.78 bits per heavy atom. The Balaban J connectivity index is 0.00000261. The molecule has 0 spiro atoms. The van der Waals surface area contributed by atoms with Gasteiger partial charge in [-0.1, -0.05) is 18.2 Å². The summed E-state index contributed by atoms with van der Waals surface area (Å²) in [5, 5.41) is 3.11. The molecule has 2 heterocycles. The first-order valence-corrected chi connectivity index (χ1v) is 9.55. The minimum absolute atomic E-state index is 0. The molecule has 3 N–H and O–H groups in total. The highest BCUT2D eigenvalue weighted by Crippen LogP contribution is 2.29. The van der Waals surface area contributed by atoms with Crippen LogP contribution >= 0.6 is 12.4 Å². The van der Waals surface area contributed by atoms with E-state index < -0.39 is 5.41 Å². The molecule has 6 nitrogen and oxygen atoms in total. The molecule has 0 aromatic heterocycles. The number of nitrogens with one attached hydrogen (secondary N) is 1.